The van der Waals surface area contributed by atoms with Crippen LogP contribution < -0.4 is 16.0 Å². The Morgan fingerprint density at radius 3 is 2.09 bits per heavy atom. The number of hydrogen-bond acceptors (Lipinski definition) is 3. The van der Waals surface area contributed by atoms with Crippen molar-refractivity contribution in [3.05, 3.63) is 143 Å². The van der Waals surface area contributed by atoms with Crippen molar-refractivity contribution in [2.45, 2.75) is 12.7 Å². The second kappa shape index (κ2) is 12.5. The highest BCUT2D eigenvalue weighted by Gasteiger charge is 2.30. The zero-order valence-corrected chi connectivity index (χ0v) is 22.5. The Hall–Kier alpha value is -5.64. The molecule has 0 radical (unpaired) electrons. The second-order valence-electron chi connectivity index (χ2n) is 9.57. The Bertz CT molecular complexity index is 1750. The molecule has 216 valence electrons. The summed E-state index contributed by atoms with van der Waals surface area (Å²) in [6.45, 7) is 0.237. The van der Waals surface area contributed by atoms with Gasteiger partial charge >= 0.3 is 6.18 Å². The van der Waals surface area contributed by atoms with Crippen molar-refractivity contribution in [3.8, 4) is 11.1 Å². The molecule has 0 atom stereocenters. The van der Waals surface area contributed by atoms with E-state index in [0.29, 0.717) is 33.8 Å². The maximum Gasteiger partial charge on any atom is 0.416 e. The molecule has 10 heteroatoms. The molecule has 0 saturated heterocycles. The molecule has 1 aromatic heterocycles. The van der Waals surface area contributed by atoms with Crippen LogP contribution in [0.1, 0.15) is 42.3 Å². The van der Waals surface area contributed by atoms with E-state index in [1.807, 2.05) is 0 Å². The highest BCUT2D eigenvalue weighted by molar-refractivity contribution is 6.09. The quantitative estimate of drug-likeness (QED) is 0.156. The molecule has 0 aliphatic carbocycles. The summed E-state index contributed by atoms with van der Waals surface area (Å²) in [5.74, 6) is -1.09. The largest absolute Gasteiger partial charge is 0.416 e. The van der Waals surface area contributed by atoms with Gasteiger partial charge in [0.15, 0.2) is 0 Å². The summed E-state index contributed by atoms with van der Waals surface area (Å²) in [7, 11) is 0. The van der Waals surface area contributed by atoms with Gasteiger partial charge < -0.3 is 20.9 Å². The van der Waals surface area contributed by atoms with Crippen molar-refractivity contribution in [3.63, 3.8) is 0 Å². The summed E-state index contributed by atoms with van der Waals surface area (Å²) in [5.41, 5.74) is 2.99. The van der Waals surface area contributed by atoms with Crippen LogP contribution in [0.15, 0.2) is 115 Å². The van der Waals surface area contributed by atoms with E-state index in [0.717, 1.165) is 17.7 Å². The zero-order chi connectivity index (χ0) is 30.4. The van der Waals surface area contributed by atoms with Gasteiger partial charge in [0.1, 0.15) is 5.69 Å². The number of aromatic amines is 1. The van der Waals surface area contributed by atoms with Crippen molar-refractivity contribution in [2.75, 3.05) is 10.6 Å². The van der Waals surface area contributed by atoms with Gasteiger partial charge in [-0.05, 0) is 77.4 Å². The molecule has 0 unspecified atom stereocenters. The number of carbonyl (C=O) groups is 3. The normalized spacial score (nSPS) is 11.0. The third-order valence-electron chi connectivity index (χ3n) is 6.59. The van der Waals surface area contributed by atoms with Crippen molar-refractivity contribution in [2.24, 2.45) is 0 Å². The summed E-state index contributed by atoms with van der Waals surface area (Å²) in [5, 5.41) is 8.38. The molecular formula is C33H25F3N4O3. The van der Waals surface area contributed by atoms with Crippen LogP contribution in [0.2, 0.25) is 0 Å². The Balaban J connectivity index is 1.21. The van der Waals surface area contributed by atoms with Crippen LogP contribution in [0.3, 0.4) is 0 Å². The minimum absolute atomic E-state index is 0.237. The van der Waals surface area contributed by atoms with Gasteiger partial charge in [0.25, 0.3) is 17.7 Å². The molecule has 5 rings (SSSR count). The van der Waals surface area contributed by atoms with E-state index < -0.39 is 17.6 Å². The van der Waals surface area contributed by atoms with Crippen LogP contribution in [-0.2, 0) is 12.7 Å². The smallest absolute Gasteiger partial charge is 0.357 e. The highest BCUT2D eigenvalue weighted by Crippen LogP contribution is 2.32. The molecule has 1 heterocycles. The lowest BCUT2D eigenvalue weighted by molar-refractivity contribution is -0.137. The maximum absolute atomic E-state index is 13.2. The van der Waals surface area contributed by atoms with Crippen molar-refractivity contribution in [1.82, 2.24) is 10.3 Å². The van der Waals surface area contributed by atoms with E-state index in [4.69, 9.17) is 0 Å². The molecule has 43 heavy (non-hydrogen) atoms. The van der Waals surface area contributed by atoms with Crippen LogP contribution in [0.4, 0.5) is 24.5 Å². The Morgan fingerprint density at radius 1 is 0.674 bits per heavy atom. The third-order valence-corrected chi connectivity index (χ3v) is 6.59. The van der Waals surface area contributed by atoms with Crippen molar-refractivity contribution < 1.29 is 27.6 Å². The number of aromatic nitrogens is 1. The Kier molecular flexibility index (Phi) is 8.38. The summed E-state index contributed by atoms with van der Waals surface area (Å²) < 4.78 is 38.9. The molecule has 0 saturated carbocycles. The van der Waals surface area contributed by atoms with E-state index >= 15 is 0 Å². The number of benzene rings is 4. The van der Waals surface area contributed by atoms with Gasteiger partial charge in [-0.2, -0.15) is 13.2 Å². The van der Waals surface area contributed by atoms with Gasteiger partial charge in [0.2, 0.25) is 0 Å². The average molecular weight is 583 g/mol. The van der Waals surface area contributed by atoms with Gasteiger partial charge in [-0.1, -0.05) is 48.5 Å². The molecule has 5 aromatic rings. The molecule has 0 aliphatic heterocycles. The van der Waals surface area contributed by atoms with Crippen molar-refractivity contribution in [1.29, 1.82) is 0 Å². The molecule has 0 fully saturated rings. The fourth-order valence-electron chi connectivity index (χ4n) is 4.37. The maximum atomic E-state index is 13.2. The first-order chi connectivity index (χ1) is 20.7. The van der Waals surface area contributed by atoms with E-state index in [1.165, 1.54) is 18.2 Å². The molecule has 0 spiro atoms. The number of nitrogens with one attached hydrogen (secondary N) is 4. The summed E-state index contributed by atoms with van der Waals surface area (Å²) in [6, 6.07) is 28.1. The van der Waals surface area contributed by atoms with Gasteiger partial charge in [-0.3, -0.25) is 14.4 Å². The summed E-state index contributed by atoms with van der Waals surface area (Å²) >= 11 is 0. The number of hydrogen-bond donors (Lipinski definition) is 4. The first-order valence-corrected chi connectivity index (χ1v) is 13.2. The summed E-state index contributed by atoms with van der Waals surface area (Å²) in [6.07, 6.45) is -2.80. The number of H-pyrrole nitrogens is 1. The van der Waals surface area contributed by atoms with Gasteiger partial charge in [0, 0.05) is 35.2 Å². The second-order valence-corrected chi connectivity index (χ2v) is 9.57. The molecule has 0 aliphatic rings. The van der Waals surface area contributed by atoms with E-state index in [9.17, 15) is 27.6 Å². The van der Waals surface area contributed by atoms with Crippen LogP contribution in [0.5, 0.6) is 0 Å². The topological polar surface area (TPSA) is 103 Å². The number of halogens is 3. The van der Waals surface area contributed by atoms with Gasteiger partial charge in [-0.15, -0.1) is 0 Å². The fourth-order valence-corrected chi connectivity index (χ4v) is 4.37. The average Bonchev–Trinajstić information content (AvgIpc) is 3.56. The number of carbonyl (C=O) groups excluding carboxylic acids is 3. The lowest BCUT2D eigenvalue weighted by Gasteiger charge is -2.13. The Morgan fingerprint density at radius 2 is 1.40 bits per heavy atom. The minimum atomic E-state index is -4.46. The van der Waals surface area contributed by atoms with Crippen LogP contribution in [-0.4, -0.2) is 22.7 Å². The lowest BCUT2D eigenvalue weighted by atomic mass is 9.98. The Labute approximate surface area is 244 Å². The SMILES string of the molecule is O=C(NCc1ccc(NC(=O)c2ccc[nH]2)cc1)c1cccc(NC(=O)c2ccccc2-c2ccc(C(F)(F)F)cc2)c1. The third kappa shape index (κ3) is 7.17. The molecule has 4 aromatic carbocycles. The molecule has 0 bridgehead atoms. The number of alkyl halides is 3. The predicted octanol–water partition coefficient (Wildman–Crippen LogP) is 7.14. The monoisotopic (exact) mass is 582 g/mol. The molecule has 4 N–H and O–H groups in total. The van der Waals surface area contributed by atoms with Crippen LogP contribution in [0, 0.1) is 0 Å². The number of amides is 3. The van der Waals surface area contributed by atoms with E-state index in [2.05, 4.69) is 20.9 Å². The highest BCUT2D eigenvalue weighted by atomic mass is 19.4. The van der Waals surface area contributed by atoms with Gasteiger partial charge in [-0.25, -0.2) is 0 Å². The number of rotatable bonds is 8. The first kappa shape index (κ1) is 28.9. The first-order valence-electron chi connectivity index (χ1n) is 13.2. The zero-order valence-electron chi connectivity index (χ0n) is 22.5. The van der Waals surface area contributed by atoms with Gasteiger partial charge in [0.05, 0.1) is 5.56 Å². The van der Waals surface area contributed by atoms with E-state index in [1.54, 1.807) is 85.1 Å². The molecular weight excluding hydrogens is 557 g/mol. The molecule has 3 amide bonds. The number of anilines is 2. The molecule has 7 nitrogen and oxygen atoms in total. The van der Waals surface area contributed by atoms with Crippen molar-refractivity contribution >= 4 is 29.1 Å². The standard InChI is InChI=1S/C33H25F3N4O3/c34-33(35,36)24-14-12-22(13-15-24)27-7-1-2-8-28(27)31(42)40-26-6-3-5-23(19-26)30(41)38-20-21-10-16-25(17-11-21)39-32(43)29-9-4-18-37-29/h1-19,37H,20H2,(H,38,41)(H,39,43)(H,40,42). The predicted molar refractivity (Wildman–Crippen MR) is 158 cm³/mol. The van der Waals surface area contributed by atoms with E-state index in [-0.39, 0.29) is 23.9 Å². The minimum Gasteiger partial charge on any atom is -0.357 e. The van der Waals surface area contributed by atoms with Crippen LogP contribution in [0.25, 0.3) is 11.1 Å². The van der Waals surface area contributed by atoms with Crippen LogP contribution >= 0.6 is 0 Å². The lowest BCUT2D eigenvalue weighted by Crippen LogP contribution is -2.23. The summed E-state index contributed by atoms with van der Waals surface area (Å²) in [4.78, 5) is 41.0. The fraction of sp³-hybridized carbons (Fsp3) is 0.0606.